The van der Waals surface area contributed by atoms with E-state index in [4.69, 9.17) is 18.0 Å². The van der Waals surface area contributed by atoms with Crippen LogP contribution in [0.4, 0.5) is 5.82 Å². The van der Waals surface area contributed by atoms with Crippen LogP contribution in [0.25, 0.3) is 0 Å². The summed E-state index contributed by atoms with van der Waals surface area (Å²) in [6, 6.07) is 8.59. The second-order valence-electron chi connectivity index (χ2n) is 4.68. The molecular weight excluding hydrogens is 308 g/mol. The molecule has 0 aliphatic rings. The summed E-state index contributed by atoms with van der Waals surface area (Å²) in [6.45, 7) is 1.79. The summed E-state index contributed by atoms with van der Waals surface area (Å²) in [7, 11) is -1.90. The monoisotopic (exact) mass is 324 g/mol. The number of aromatic nitrogens is 2. The van der Waals surface area contributed by atoms with Gasteiger partial charge in [0.1, 0.15) is 10.8 Å². The van der Waals surface area contributed by atoms with E-state index >= 15 is 0 Å². The summed E-state index contributed by atoms with van der Waals surface area (Å²) in [5.74, 6) is 0.213. The van der Waals surface area contributed by atoms with E-state index in [-0.39, 0.29) is 10.7 Å². The first kappa shape index (κ1) is 15.5. The molecule has 1 heterocycles. The van der Waals surface area contributed by atoms with E-state index < -0.39 is 10.0 Å². The molecule has 8 heteroatoms. The van der Waals surface area contributed by atoms with Gasteiger partial charge in [0.25, 0.3) is 0 Å². The fraction of sp³-hybridized carbons (Fsp3) is 0.231. The van der Waals surface area contributed by atoms with E-state index in [2.05, 4.69) is 9.82 Å². The molecule has 0 aliphatic carbocycles. The van der Waals surface area contributed by atoms with Crippen LogP contribution in [0.15, 0.2) is 30.3 Å². The summed E-state index contributed by atoms with van der Waals surface area (Å²) in [5.41, 5.74) is 7.49. The van der Waals surface area contributed by atoms with Crippen LogP contribution in [0, 0.1) is 6.92 Å². The predicted molar refractivity (Wildman–Crippen MR) is 86.5 cm³/mol. The lowest BCUT2D eigenvalue weighted by atomic mass is 10.1. The summed E-state index contributed by atoms with van der Waals surface area (Å²) in [5, 5.41) is 4.10. The van der Waals surface area contributed by atoms with Gasteiger partial charge in [0.15, 0.2) is 0 Å². The van der Waals surface area contributed by atoms with Crippen molar-refractivity contribution in [2.24, 2.45) is 12.8 Å². The van der Waals surface area contributed by atoms with Gasteiger partial charge in [0.2, 0.25) is 10.0 Å². The van der Waals surface area contributed by atoms with Crippen LogP contribution in [0.5, 0.6) is 0 Å². The highest BCUT2D eigenvalue weighted by Crippen LogP contribution is 2.16. The van der Waals surface area contributed by atoms with Crippen LogP contribution < -0.4 is 10.5 Å². The number of hydrogen-bond donors (Lipinski definition) is 2. The summed E-state index contributed by atoms with van der Waals surface area (Å²) >= 11 is 4.94. The largest absolute Gasteiger partial charge is 0.389 e. The van der Waals surface area contributed by atoms with Crippen LogP contribution in [0.1, 0.15) is 16.8 Å². The number of benzene rings is 1. The van der Waals surface area contributed by atoms with E-state index in [1.807, 2.05) is 0 Å². The van der Waals surface area contributed by atoms with Gasteiger partial charge in [0, 0.05) is 18.7 Å². The fourth-order valence-electron chi connectivity index (χ4n) is 1.99. The number of rotatable bonds is 5. The minimum atomic E-state index is -3.58. The van der Waals surface area contributed by atoms with Crippen molar-refractivity contribution < 1.29 is 8.42 Å². The summed E-state index contributed by atoms with van der Waals surface area (Å²) < 4.78 is 28.5. The fourth-order valence-corrected chi connectivity index (χ4v) is 3.43. The van der Waals surface area contributed by atoms with Crippen molar-refractivity contribution in [2.45, 2.75) is 12.7 Å². The van der Waals surface area contributed by atoms with Crippen molar-refractivity contribution >= 4 is 33.0 Å². The second kappa shape index (κ2) is 5.82. The number of nitrogens with zero attached hydrogens (tertiary/aromatic N) is 2. The molecule has 0 radical (unpaired) electrons. The van der Waals surface area contributed by atoms with Crippen LogP contribution in [0.3, 0.4) is 0 Å². The number of thiocarbonyl (C=S) groups is 1. The van der Waals surface area contributed by atoms with Gasteiger partial charge >= 0.3 is 0 Å². The number of sulfonamides is 1. The van der Waals surface area contributed by atoms with Gasteiger partial charge in [-0.05, 0) is 12.5 Å². The highest BCUT2D eigenvalue weighted by atomic mass is 32.2. The van der Waals surface area contributed by atoms with E-state index in [1.54, 1.807) is 44.3 Å². The van der Waals surface area contributed by atoms with Crippen molar-refractivity contribution in [2.75, 3.05) is 4.72 Å². The van der Waals surface area contributed by atoms with E-state index in [0.717, 1.165) is 5.69 Å². The van der Waals surface area contributed by atoms with Crippen LogP contribution in [-0.2, 0) is 22.8 Å². The minimum Gasteiger partial charge on any atom is -0.389 e. The highest BCUT2D eigenvalue weighted by Gasteiger charge is 2.17. The summed E-state index contributed by atoms with van der Waals surface area (Å²) in [4.78, 5) is 0.178. The van der Waals surface area contributed by atoms with Gasteiger partial charge in [-0.1, -0.05) is 36.5 Å². The maximum absolute atomic E-state index is 12.3. The standard InChI is InChI=1S/C13H16N4O2S2/c1-9-7-12(17(2)15-9)16-21(18,19)8-10-5-3-4-6-11(10)13(14)20/h3-7,16H,8H2,1-2H3,(H2,14,20). The van der Waals surface area contributed by atoms with E-state index in [9.17, 15) is 8.42 Å². The van der Waals surface area contributed by atoms with Gasteiger partial charge in [-0.3, -0.25) is 9.40 Å². The molecule has 1 aromatic heterocycles. The first-order valence-corrected chi connectivity index (χ1v) is 8.23. The average molecular weight is 324 g/mol. The van der Waals surface area contributed by atoms with Gasteiger partial charge in [0.05, 0.1) is 11.4 Å². The third-order valence-corrected chi connectivity index (χ3v) is 4.32. The molecule has 0 unspecified atom stereocenters. The van der Waals surface area contributed by atoms with E-state index in [0.29, 0.717) is 16.9 Å². The molecule has 0 bridgehead atoms. The van der Waals surface area contributed by atoms with Crippen LogP contribution in [-0.4, -0.2) is 23.2 Å². The Morgan fingerprint density at radius 1 is 1.43 bits per heavy atom. The van der Waals surface area contributed by atoms with Crippen molar-refractivity contribution in [1.29, 1.82) is 0 Å². The Kier molecular flexibility index (Phi) is 4.29. The van der Waals surface area contributed by atoms with Crippen molar-refractivity contribution in [1.82, 2.24) is 9.78 Å². The third-order valence-electron chi connectivity index (χ3n) is 2.89. The topological polar surface area (TPSA) is 90.0 Å². The number of nitrogens with one attached hydrogen (secondary N) is 1. The molecule has 0 aliphatic heterocycles. The Bertz CT molecular complexity index is 781. The first-order chi connectivity index (χ1) is 9.78. The van der Waals surface area contributed by atoms with Crippen molar-refractivity contribution in [3.05, 3.63) is 47.2 Å². The Labute approximate surface area is 129 Å². The number of aryl methyl sites for hydroxylation is 2. The average Bonchev–Trinajstić information content (AvgIpc) is 2.66. The molecule has 0 spiro atoms. The molecule has 0 saturated carbocycles. The Morgan fingerprint density at radius 3 is 2.67 bits per heavy atom. The molecule has 0 fully saturated rings. The normalized spacial score (nSPS) is 11.3. The molecule has 1 aromatic carbocycles. The molecule has 6 nitrogen and oxygen atoms in total. The Morgan fingerprint density at radius 2 is 2.10 bits per heavy atom. The summed E-state index contributed by atoms with van der Waals surface area (Å²) in [6.07, 6.45) is 0. The van der Waals surface area contributed by atoms with Gasteiger partial charge < -0.3 is 5.73 Å². The second-order valence-corrected chi connectivity index (χ2v) is 6.84. The maximum atomic E-state index is 12.3. The van der Waals surface area contributed by atoms with Crippen LogP contribution >= 0.6 is 12.2 Å². The molecule has 112 valence electrons. The Balaban J connectivity index is 2.26. The Hall–Kier alpha value is -1.93. The molecule has 0 amide bonds. The molecule has 0 saturated heterocycles. The first-order valence-electron chi connectivity index (χ1n) is 6.17. The van der Waals surface area contributed by atoms with Gasteiger partial charge in [-0.15, -0.1) is 0 Å². The molecule has 0 atom stereocenters. The smallest absolute Gasteiger partial charge is 0.238 e. The lowest BCUT2D eigenvalue weighted by Crippen LogP contribution is -2.20. The molecule has 2 rings (SSSR count). The van der Waals surface area contributed by atoms with E-state index in [1.165, 1.54) is 4.68 Å². The van der Waals surface area contributed by atoms with Crippen molar-refractivity contribution in [3.8, 4) is 0 Å². The lowest BCUT2D eigenvalue weighted by molar-refractivity contribution is 0.599. The predicted octanol–water partition coefficient (Wildman–Crippen LogP) is 1.30. The highest BCUT2D eigenvalue weighted by molar-refractivity contribution is 7.91. The molecular formula is C13H16N4O2S2. The third kappa shape index (κ3) is 3.79. The number of nitrogens with two attached hydrogens (primary N) is 1. The SMILES string of the molecule is Cc1cc(NS(=O)(=O)Cc2ccccc2C(N)=S)n(C)n1. The zero-order valence-electron chi connectivity index (χ0n) is 11.7. The minimum absolute atomic E-state index is 0.178. The van der Waals surface area contributed by atoms with Crippen molar-refractivity contribution in [3.63, 3.8) is 0 Å². The molecule has 2 aromatic rings. The van der Waals surface area contributed by atoms with Gasteiger partial charge in [-0.2, -0.15) is 5.10 Å². The van der Waals surface area contributed by atoms with Crippen LogP contribution in [0.2, 0.25) is 0 Å². The zero-order chi connectivity index (χ0) is 15.6. The quantitative estimate of drug-likeness (QED) is 0.809. The number of hydrogen-bond acceptors (Lipinski definition) is 4. The molecule has 3 N–H and O–H groups in total. The molecule has 21 heavy (non-hydrogen) atoms. The van der Waals surface area contributed by atoms with Gasteiger partial charge in [-0.25, -0.2) is 8.42 Å². The number of anilines is 1. The maximum Gasteiger partial charge on any atom is 0.238 e. The zero-order valence-corrected chi connectivity index (χ0v) is 13.3. The lowest BCUT2D eigenvalue weighted by Gasteiger charge is -2.10.